The average Bonchev–Trinajstić information content (AvgIpc) is 2.67. The van der Waals surface area contributed by atoms with Crippen molar-refractivity contribution in [2.45, 2.75) is 6.18 Å². The normalized spacial score (nSPS) is 14.8. The van der Waals surface area contributed by atoms with E-state index in [1.807, 2.05) is 6.07 Å². The standard InChI is InChI=1S/C19H15F4N3O/c20-16-10-13(12-24)4-5-17(16)25-6-8-26(9-7-25)18(27)14-2-1-3-15(11-14)19(21,22)23/h1-5,10-11H,6-9H2. The minimum atomic E-state index is -4.51. The van der Waals surface area contributed by atoms with Gasteiger partial charge in [-0.1, -0.05) is 6.07 Å². The van der Waals surface area contributed by atoms with E-state index in [1.54, 1.807) is 4.90 Å². The van der Waals surface area contributed by atoms with Gasteiger partial charge in [0.05, 0.1) is 22.9 Å². The second-order valence-corrected chi connectivity index (χ2v) is 6.14. The maximum atomic E-state index is 14.1. The summed E-state index contributed by atoms with van der Waals surface area (Å²) in [5.41, 5.74) is -0.343. The monoisotopic (exact) mass is 377 g/mol. The van der Waals surface area contributed by atoms with Crippen LogP contribution in [0, 0.1) is 17.1 Å². The third-order valence-corrected chi connectivity index (χ3v) is 4.42. The van der Waals surface area contributed by atoms with Gasteiger partial charge in [-0.05, 0) is 36.4 Å². The Balaban J connectivity index is 1.69. The lowest BCUT2D eigenvalue weighted by atomic mass is 10.1. The number of benzene rings is 2. The zero-order valence-corrected chi connectivity index (χ0v) is 14.1. The molecule has 0 atom stereocenters. The zero-order chi connectivity index (χ0) is 19.6. The summed E-state index contributed by atoms with van der Waals surface area (Å²) in [6.45, 7) is 1.20. The lowest BCUT2D eigenvalue weighted by Gasteiger charge is -2.36. The number of hydrogen-bond acceptors (Lipinski definition) is 3. The number of nitriles is 1. The summed E-state index contributed by atoms with van der Waals surface area (Å²) in [6, 6.07) is 10.4. The van der Waals surface area contributed by atoms with Crippen molar-refractivity contribution in [2.75, 3.05) is 31.1 Å². The Labute approximate surface area is 153 Å². The summed E-state index contributed by atoms with van der Waals surface area (Å²) >= 11 is 0. The molecule has 4 nitrogen and oxygen atoms in total. The lowest BCUT2D eigenvalue weighted by Crippen LogP contribution is -2.49. The van der Waals surface area contributed by atoms with E-state index in [4.69, 9.17) is 5.26 Å². The van der Waals surface area contributed by atoms with Crippen LogP contribution in [0.2, 0.25) is 0 Å². The number of halogens is 4. The van der Waals surface area contributed by atoms with Crippen molar-refractivity contribution in [3.63, 3.8) is 0 Å². The van der Waals surface area contributed by atoms with Crippen molar-refractivity contribution in [1.29, 1.82) is 5.26 Å². The number of nitrogens with zero attached hydrogens (tertiary/aromatic N) is 3. The van der Waals surface area contributed by atoms with E-state index < -0.39 is 23.5 Å². The molecular formula is C19H15F4N3O. The first-order chi connectivity index (χ1) is 12.8. The van der Waals surface area contributed by atoms with Gasteiger partial charge < -0.3 is 9.80 Å². The van der Waals surface area contributed by atoms with Gasteiger partial charge in [0, 0.05) is 31.7 Å². The van der Waals surface area contributed by atoms with E-state index in [1.165, 1.54) is 29.2 Å². The first-order valence-corrected chi connectivity index (χ1v) is 8.21. The second-order valence-electron chi connectivity index (χ2n) is 6.14. The molecule has 0 saturated carbocycles. The SMILES string of the molecule is N#Cc1ccc(N2CCN(C(=O)c3cccc(C(F)(F)F)c3)CC2)c(F)c1. The van der Waals surface area contributed by atoms with Crippen LogP contribution >= 0.6 is 0 Å². The van der Waals surface area contributed by atoms with Gasteiger partial charge in [-0.25, -0.2) is 4.39 Å². The fourth-order valence-corrected chi connectivity index (χ4v) is 2.99. The highest BCUT2D eigenvalue weighted by Gasteiger charge is 2.31. The van der Waals surface area contributed by atoms with Crippen LogP contribution in [-0.2, 0) is 6.18 Å². The van der Waals surface area contributed by atoms with Crippen molar-refractivity contribution < 1.29 is 22.4 Å². The zero-order valence-electron chi connectivity index (χ0n) is 14.1. The summed E-state index contributed by atoms with van der Waals surface area (Å²) in [6.07, 6.45) is -4.51. The number of piperazine rings is 1. The fraction of sp³-hybridized carbons (Fsp3) is 0.263. The van der Waals surface area contributed by atoms with E-state index in [-0.39, 0.29) is 24.2 Å². The van der Waals surface area contributed by atoms with Crippen molar-refractivity contribution in [3.05, 3.63) is 65.0 Å². The largest absolute Gasteiger partial charge is 0.416 e. The molecule has 1 amide bonds. The maximum Gasteiger partial charge on any atom is 0.416 e. The van der Waals surface area contributed by atoms with Gasteiger partial charge in [0.2, 0.25) is 0 Å². The predicted molar refractivity (Wildman–Crippen MR) is 90.7 cm³/mol. The Hall–Kier alpha value is -3.08. The van der Waals surface area contributed by atoms with Crippen LogP contribution in [0.15, 0.2) is 42.5 Å². The molecule has 0 unspecified atom stereocenters. The quantitative estimate of drug-likeness (QED) is 0.751. The van der Waals surface area contributed by atoms with Crippen LogP contribution in [0.1, 0.15) is 21.5 Å². The number of alkyl halides is 3. The molecule has 1 heterocycles. The van der Waals surface area contributed by atoms with E-state index in [0.29, 0.717) is 18.8 Å². The van der Waals surface area contributed by atoms with Crippen molar-refractivity contribution in [1.82, 2.24) is 4.90 Å². The van der Waals surface area contributed by atoms with Gasteiger partial charge in [0.15, 0.2) is 0 Å². The molecule has 0 N–H and O–H groups in total. The van der Waals surface area contributed by atoms with Gasteiger partial charge >= 0.3 is 6.18 Å². The smallest absolute Gasteiger partial charge is 0.366 e. The molecule has 3 rings (SSSR count). The molecule has 2 aromatic rings. The minimum Gasteiger partial charge on any atom is -0.366 e. The molecule has 0 bridgehead atoms. The topological polar surface area (TPSA) is 47.3 Å². The highest BCUT2D eigenvalue weighted by atomic mass is 19.4. The molecule has 1 fully saturated rings. The van der Waals surface area contributed by atoms with Crippen molar-refractivity contribution in [2.24, 2.45) is 0 Å². The number of amides is 1. The molecule has 1 aliphatic heterocycles. The van der Waals surface area contributed by atoms with Crippen molar-refractivity contribution in [3.8, 4) is 6.07 Å². The fourth-order valence-electron chi connectivity index (χ4n) is 2.99. The second kappa shape index (κ2) is 7.27. The number of anilines is 1. The lowest BCUT2D eigenvalue weighted by molar-refractivity contribution is -0.137. The van der Waals surface area contributed by atoms with E-state index in [0.717, 1.165) is 18.2 Å². The molecule has 0 spiro atoms. The Morgan fingerprint density at radius 2 is 1.74 bits per heavy atom. The first kappa shape index (κ1) is 18.7. The molecule has 2 aromatic carbocycles. The Kier molecular flexibility index (Phi) is 5.04. The Morgan fingerprint density at radius 1 is 1.04 bits per heavy atom. The third-order valence-electron chi connectivity index (χ3n) is 4.42. The third kappa shape index (κ3) is 4.03. The van der Waals surface area contributed by atoms with Crippen LogP contribution < -0.4 is 4.90 Å². The molecular weight excluding hydrogens is 362 g/mol. The highest BCUT2D eigenvalue weighted by molar-refractivity contribution is 5.94. The van der Waals surface area contributed by atoms with Crippen LogP contribution in [0.25, 0.3) is 0 Å². The van der Waals surface area contributed by atoms with Crippen molar-refractivity contribution >= 4 is 11.6 Å². The Morgan fingerprint density at radius 3 is 2.33 bits per heavy atom. The number of hydrogen-bond donors (Lipinski definition) is 0. The number of carbonyl (C=O) groups is 1. The molecule has 140 valence electrons. The summed E-state index contributed by atoms with van der Waals surface area (Å²) in [5.74, 6) is -1.01. The van der Waals surface area contributed by atoms with E-state index in [9.17, 15) is 22.4 Å². The van der Waals surface area contributed by atoms with Crippen LogP contribution in [0.4, 0.5) is 23.2 Å². The number of carbonyl (C=O) groups excluding carboxylic acids is 1. The summed E-state index contributed by atoms with van der Waals surface area (Å²) in [5, 5.41) is 8.79. The predicted octanol–water partition coefficient (Wildman–Crippen LogP) is 3.68. The first-order valence-electron chi connectivity index (χ1n) is 8.21. The minimum absolute atomic E-state index is 0.0252. The van der Waals surface area contributed by atoms with Gasteiger partial charge in [-0.3, -0.25) is 4.79 Å². The van der Waals surface area contributed by atoms with Gasteiger partial charge in [0.1, 0.15) is 5.82 Å². The highest BCUT2D eigenvalue weighted by Crippen LogP contribution is 2.30. The molecule has 1 aliphatic rings. The summed E-state index contributed by atoms with van der Waals surface area (Å²) in [7, 11) is 0. The average molecular weight is 377 g/mol. The van der Waals surface area contributed by atoms with E-state index in [2.05, 4.69) is 0 Å². The molecule has 0 aromatic heterocycles. The molecule has 0 radical (unpaired) electrons. The summed E-state index contributed by atoms with van der Waals surface area (Å²) in [4.78, 5) is 15.7. The molecule has 1 saturated heterocycles. The maximum absolute atomic E-state index is 14.1. The van der Waals surface area contributed by atoms with Crippen LogP contribution in [0.3, 0.4) is 0 Å². The van der Waals surface area contributed by atoms with E-state index >= 15 is 0 Å². The van der Waals surface area contributed by atoms with Gasteiger partial charge in [-0.15, -0.1) is 0 Å². The van der Waals surface area contributed by atoms with Crippen LogP contribution in [0.5, 0.6) is 0 Å². The molecule has 8 heteroatoms. The Bertz CT molecular complexity index is 897. The van der Waals surface area contributed by atoms with Crippen LogP contribution in [-0.4, -0.2) is 37.0 Å². The molecule has 27 heavy (non-hydrogen) atoms. The van der Waals surface area contributed by atoms with Gasteiger partial charge in [0.25, 0.3) is 5.91 Å². The summed E-state index contributed by atoms with van der Waals surface area (Å²) < 4.78 is 52.6. The number of rotatable bonds is 2. The van der Waals surface area contributed by atoms with Gasteiger partial charge in [-0.2, -0.15) is 18.4 Å². The molecule has 0 aliphatic carbocycles.